The van der Waals surface area contributed by atoms with Gasteiger partial charge in [0.25, 0.3) is 5.91 Å². The van der Waals surface area contributed by atoms with Crippen molar-refractivity contribution >= 4 is 39.8 Å². The Balaban J connectivity index is 1.76. The smallest absolute Gasteiger partial charge is 0.255 e. The van der Waals surface area contributed by atoms with Gasteiger partial charge in [-0.1, -0.05) is 31.2 Å². The summed E-state index contributed by atoms with van der Waals surface area (Å²) >= 11 is 3.90. The van der Waals surface area contributed by atoms with E-state index in [9.17, 15) is 4.79 Å². The number of rotatable bonds is 5. The fraction of sp³-hybridized carbons (Fsp3) is 0.353. The van der Waals surface area contributed by atoms with Crippen molar-refractivity contribution in [2.24, 2.45) is 0 Å². The monoisotopic (exact) mass is 411 g/mol. The summed E-state index contributed by atoms with van der Waals surface area (Å²) in [7, 11) is 0. The molecule has 0 spiro atoms. The fourth-order valence-corrected chi connectivity index (χ4v) is 3.74. The number of benzene rings is 1. The molecule has 0 unspecified atom stereocenters. The highest BCUT2D eigenvalue weighted by molar-refractivity contribution is 14.1. The van der Waals surface area contributed by atoms with Gasteiger partial charge in [0.2, 0.25) is 0 Å². The lowest BCUT2D eigenvalue weighted by atomic mass is 10.1. The molecule has 0 atom stereocenters. The molecule has 1 fully saturated rings. The van der Waals surface area contributed by atoms with Crippen LogP contribution in [0.3, 0.4) is 0 Å². The van der Waals surface area contributed by atoms with Gasteiger partial charge in [-0.05, 0) is 59.0 Å². The Kier molecular flexibility index (Phi) is 4.64. The summed E-state index contributed by atoms with van der Waals surface area (Å²) in [5.74, 6) is 0.177. The van der Waals surface area contributed by atoms with E-state index in [1.54, 1.807) is 11.3 Å². The van der Waals surface area contributed by atoms with Crippen LogP contribution in [0.15, 0.2) is 35.7 Å². The SMILES string of the molecule is CCc1ccc(CN(C(=O)c2csc(I)c2)C2CC2)cc1. The molecule has 2 nitrogen and oxygen atoms in total. The first kappa shape index (κ1) is 15.0. The number of carbonyl (C=O) groups excluding carboxylic acids is 1. The zero-order chi connectivity index (χ0) is 14.8. The highest BCUT2D eigenvalue weighted by Crippen LogP contribution is 2.31. The third kappa shape index (κ3) is 3.66. The van der Waals surface area contributed by atoms with Crippen LogP contribution in [-0.2, 0) is 13.0 Å². The van der Waals surface area contributed by atoms with Gasteiger partial charge in [0, 0.05) is 18.0 Å². The van der Waals surface area contributed by atoms with Gasteiger partial charge in [0.05, 0.1) is 8.45 Å². The molecule has 1 aromatic carbocycles. The number of carbonyl (C=O) groups is 1. The minimum atomic E-state index is 0.177. The van der Waals surface area contributed by atoms with Crippen molar-refractivity contribution in [3.05, 3.63) is 55.3 Å². The Morgan fingerprint density at radius 3 is 2.48 bits per heavy atom. The summed E-state index contributed by atoms with van der Waals surface area (Å²) in [5.41, 5.74) is 3.40. The molecule has 110 valence electrons. The van der Waals surface area contributed by atoms with Crippen molar-refractivity contribution in [2.45, 2.75) is 38.8 Å². The molecule has 0 radical (unpaired) electrons. The highest BCUT2D eigenvalue weighted by atomic mass is 127. The van der Waals surface area contributed by atoms with Gasteiger partial charge in [0.15, 0.2) is 0 Å². The molecule has 1 heterocycles. The predicted molar refractivity (Wildman–Crippen MR) is 95.8 cm³/mol. The van der Waals surface area contributed by atoms with Crippen LogP contribution in [0.2, 0.25) is 0 Å². The lowest BCUT2D eigenvalue weighted by molar-refractivity contribution is 0.0730. The van der Waals surface area contributed by atoms with Crippen LogP contribution in [0.5, 0.6) is 0 Å². The van der Waals surface area contributed by atoms with Crippen molar-refractivity contribution in [1.29, 1.82) is 0 Å². The topological polar surface area (TPSA) is 20.3 Å². The number of nitrogens with zero attached hydrogens (tertiary/aromatic N) is 1. The zero-order valence-corrected chi connectivity index (χ0v) is 15.0. The second kappa shape index (κ2) is 6.48. The molecule has 0 N–H and O–H groups in total. The van der Waals surface area contributed by atoms with Gasteiger partial charge in [-0.15, -0.1) is 11.3 Å². The molecule has 0 saturated heterocycles. The van der Waals surface area contributed by atoms with Crippen LogP contribution in [0.1, 0.15) is 41.3 Å². The van der Waals surface area contributed by atoms with Crippen LogP contribution in [0.4, 0.5) is 0 Å². The van der Waals surface area contributed by atoms with Gasteiger partial charge in [-0.2, -0.15) is 0 Å². The van der Waals surface area contributed by atoms with Crippen LogP contribution in [0.25, 0.3) is 0 Å². The van der Waals surface area contributed by atoms with Crippen molar-refractivity contribution in [2.75, 3.05) is 0 Å². The Hall–Kier alpha value is -0.880. The van der Waals surface area contributed by atoms with Crippen LogP contribution in [0, 0.1) is 2.88 Å². The Labute approximate surface area is 143 Å². The summed E-state index contributed by atoms with van der Waals surface area (Å²) in [4.78, 5) is 14.7. The molecule has 2 aromatic rings. The molecule has 4 heteroatoms. The summed E-state index contributed by atoms with van der Waals surface area (Å²) in [6.07, 6.45) is 3.33. The van der Waals surface area contributed by atoms with Crippen LogP contribution >= 0.6 is 33.9 Å². The molecule has 0 bridgehead atoms. The number of hydrogen-bond acceptors (Lipinski definition) is 2. The van der Waals surface area contributed by atoms with Crippen molar-refractivity contribution in [3.8, 4) is 0 Å². The van der Waals surface area contributed by atoms with Crippen molar-refractivity contribution in [3.63, 3.8) is 0 Å². The zero-order valence-electron chi connectivity index (χ0n) is 12.0. The number of halogens is 1. The normalized spacial score (nSPS) is 14.2. The van der Waals surface area contributed by atoms with Crippen LogP contribution < -0.4 is 0 Å². The molecule has 1 amide bonds. The first-order valence-corrected chi connectivity index (χ1v) is 9.26. The van der Waals surface area contributed by atoms with E-state index >= 15 is 0 Å². The fourth-order valence-electron chi connectivity index (χ4n) is 2.42. The van der Waals surface area contributed by atoms with E-state index in [2.05, 4.69) is 53.8 Å². The Morgan fingerprint density at radius 1 is 1.29 bits per heavy atom. The van der Waals surface area contributed by atoms with Gasteiger partial charge in [-0.3, -0.25) is 4.79 Å². The molecule has 0 aliphatic heterocycles. The number of thiophene rings is 1. The summed E-state index contributed by atoms with van der Waals surface area (Å²) in [6.45, 7) is 2.88. The molecule has 3 rings (SSSR count). The molecule has 21 heavy (non-hydrogen) atoms. The third-order valence-corrected chi connectivity index (χ3v) is 5.64. The maximum absolute atomic E-state index is 12.7. The number of hydrogen-bond donors (Lipinski definition) is 0. The molecule has 1 aliphatic rings. The maximum Gasteiger partial charge on any atom is 0.255 e. The quantitative estimate of drug-likeness (QED) is 0.652. The first-order valence-electron chi connectivity index (χ1n) is 7.30. The van der Waals surface area contributed by atoms with Crippen molar-refractivity contribution < 1.29 is 4.79 Å². The number of aryl methyl sites for hydroxylation is 1. The highest BCUT2D eigenvalue weighted by Gasteiger charge is 2.33. The number of amides is 1. The van der Waals surface area contributed by atoms with E-state index in [4.69, 9.17) is 0 Å². The van der Waals surface area contributed by atoms with Gasteiger partial charge in [-0.25, -0.2) is 0 Å². The lowest BCUT2D eigenvalue weighted by Gasteiger charge is -2.22. The molecular formula is C17H18INOS. The van der Waals surface area contributed by atoms with E-state index in [1.807, 2.05) is 16.3 Å². The second-order valence-corrected chi connectivity index (χ2v) is 8.28. The molecular weight excluding hydrogens is 393 g/mol. The summed E-state index contributed by atoms with van der Waals surface area (Å²) in [5, 5.41) is 1.97. The largest absolute Gasteiger partial charge is 0.331 e. The first-order chi connectivity index (χ1) is 10.2. The average Bonchev–Trinajstić information content (AvgIpc) is 3.26. The van der Waals surface area contributed by atoms with E-state index < -0.39 is 0 Å². The van der Waals surface area contributed by atoms with E-state index in [1.165, 1.54) is 14.0 Å². The Bertz CT molecular complexity index is 630. The van der Waals surface area contributed by atoms with Gasteiger partial charge < -0.3 is 4.90 Å². The minimum Gasteiger partial charge on any atom is -0.331 e. The molecule has 1 aliphatic carbocycles. The van der Waals surface area contributed by atoms with Crippen LogP contribution in [-0.4, -0.2) is 16.8 Å². The van der Waals surface area contributed by atoms with Gasteiger partial charge >= 0.3 is 0 Å². The summed E-state index contributed by atoms with van der Waals surface area (Å²) in [6, 6.07) is 11.1. The minimum absolute atomic E-state index is 0.177. The second-order valence-electron chi connectivity index (χ2n) is 5.47. The molecule has 1 saturated carbocycles. The maximum atomic E-state index is 12.7. The van der Waals surface area contributed by atoms with Crippen molar-refractivity contribution in [1.82, 2.24) is 4.90 Å². The third-order valence-electron chi connectivity index (χ3n) is 3.85. The standard InChI is InChI=1S/C17H18INOS/c1-2-12-3-5-13(6-4-12)10-19(15-7-8-15)17(20)14-9-16(18)21-11-14/h3-6,9,11,15H,2,7-8,10H2,1H3. The van der Waals surface area contributed by atoms with E-state index in [0.29, 0.717) is 6.04 Å². The predicted octanol–water partition coefficient (Wildman–Crippen LogP) is 4.72. The van der Waals surface area contributed by atoms with E-state index in [0.717, 1.165) is 31.4 Å². The average molecular weight is 411 g/mol. The van der Waals surface area contributed by atoms with Gasteiger partial charge in [0.1, 0.15) is 0 Å². The summed E-state index contributed by atoms with van der Waals surface area (Å²) < 4.78 is 1.17. The molecule has 1 aromatic heterocycles. The van der Waals surface area contributed by atoms with E-state index in [-0.39, 0.29) is 5.91 Å². The lowest BCUT2D eigenvalue weighted by Crippen LogP contribution is -2.32. The Morgan fingerprint density at radius 2 is 1.95 bits per heavy atom.